The topological polar surface area (TPSA) is 48.0 Å². The number of allylic oxidation sites excluding steroid dienone is 1. The molecule has 18 heavy (non-hydrogen) atoms. The molecule has 0 N–H and O–H groups in total. The summed E-state index contributed by atoms with van der Waals surface area (Å²) in [6.07, 6.45) is 7.38. The Morgan fingerprint density at radius 2 is 2.11 bits per heavy atom. The molecular formula is C13H13N5. The Morgan fingerprint density at radius 3 is 2.83 bits per heavy atom. The maximum Gasteiger partial charge on any atom is 0.181 e. The highest BCUT2D eigenvalue weighted by atomic mass is 15.3. The standard InChI is InChI=1S/C13H13N5/c1-9(2)11-6-14-18(8-11)12-7-15-17-5-4-10(3)16-13(12)17/h4-8H,1H2,2-3H3. The van der Waals surface area contributed by atoms with Gasteiger partial charge in [-0.1, -0.05) is 6.58 Å². The van der Waals surface area contributed by atoms with Crippen LogP contribution in [0.4, 0.5) is 0 Å². The van der Waals surface area contributed by atoms with E-state index in [9.17, 15) is 0 Å². The molecule has 0 unspecified atom stereocenters. The van der Waals surface area contributed by atoms with Crippen LogP contribution in [0.2, 0.25) is 0 Å². The van der Waals surface area contributed by atoms with Crippen molar-refractivity contribution in [1.29, 1.82) is 0 Å². The third kappa shape index (κ3) is 1.60. The molecule has 0 aromatic carbocycles. The summed E-state index contributed by atoms with van der Waals surface area (Å²) >= 11 is 0. The summed E-state index contributed by atoms with van der Waals surface area (Å²) in [5, 5.41) is 8.58. The van der Waals surface area contributed by atoms with Gasteiger partial charge in [0.15, 0.2) is 5.65 Å². The molecule has 3 aromatic rings. The van der Waals surface area contributed by atoms with Crippen molar-refractivity contribution < 1.29 is 0 Å². The summed E-state index contributed by atoms with van der Waals surface area (Å²) in [5.74, 6) is 0. The minimum absolute atomic E-state index is 0.798. The summed E-state index contributed by atoms with van der Waals surface area (Å²) in [7, 11) is 0. The lowest BCUT2D eigenvalue weighted by Crippen LogP contribution is -1.97. The van der Waals surface area contributed by atoms with E-state index in [0.29, 0.717) is 0 Å². The fraction of sp³-hybridized carbons (Fsp3) is 0.154. The van der Waals surface area contributed by atoms with Gasteiger partial charge < -0.3 is 0 Å². The highest BCUT2D eigenvalue weighted by Crippen LogP contribution is 2.16. The zero-order chi connectivity index (χ0) is 12.7. The summed E-state index contributed by atoms with van der Waals surface area (Å²) in [4.78, 5) is 4.48. The molecule has 0 aliphatic rings. The number of hydrogen-bond acceptors (Lipinski definition) is 3. The molecule has 0 atom stereocenters. The van der Waals surface area contributed by atoms with Crippen molar-refractivity contribution in [2.75, 3.05) is 0 Å². The molecule has 3 rings (SSSR count). The summed E-state index contributed by atoms with van der Waals surface area (Å²) < 4.78 is 3.52. The molecule has 0 amide bonds. The van der Waals surface area contributed by atoms with E-state index in [-0.39, 0.29) is 0 Å². The first-order chi connectivity index (χ1) is 8.65. The van der Waals surface area contributed by atoms with Crippen molar-refractivity contribution in [3.63, 3.8) is 0 Å². The molecule has 0 spiro atoms. The molecule has 0 aliphatic carbocycles. The molecule has 3 aromatic heterocycles. The van der Waals surface area contributed by atoms with Crippen LogP contribution >= 0.6 is 0 Å². The van der Waals surface area contributed by atoms with Crippen LogP contribution in [0.3, 0.4) is 0 Å². The fourth-order valence-electron chi connectivity index (χ4n) is 1.78. The molecule has 5 nitrogen and oxygen atoms in total. The second-order valence-electron chi connectivity index (χ2n) is 4.32. The Morgan fingerprint density at radius 1 is 1.28 bits per heavy atom. The average molecular weight is 239 g/mol. The van der Waals surface area contributed by atoms with Crippen LogP contribution in [-0.4, -0.2) is 24.4 Å². The number of aryl methyl sites for hydroxylation is 1. The largest absolute Gasteiger partial charge is 0.235 e. The molecular weight excluding hydrogens is 226 g/mol. The van der Waals surface area contributed by atoms with E-state index in [1.165, 1.54) is 0 Å². The Labute approximate surface area is 104 Å². The van der Waals surface area contributed by atoms with Gasteiger partial charge in [-0.05, 0) is 25.5 Å². The molecule has 3 heterocycles. The van der Waals surface area contributed by atoms with Crippen LogP contribution in [-0.2, 0) is 0 Å². The monoisotopic (exact) mass is 239 g/mol. The summed E-state index contributed by atoms with van der Waals surface area (Å²) in [6, 6.07) is 1.92. The van der Waals surface area contributed by atoms with Gasteiger partial charge in [0.05, 0.1) is 12.4 Å². The third-order valence-corrected chi connectivity index (χ3v) is 2.81. The molecule has 90 valence electrons. The quantitative estimate of drug-likeness (QED) is 0.689. The van der Waals surface area contributed by atoms with Gasteiger partial charge >= 0.3 is 0 Å². The Balaban J connectivity index is 2.18. The lowest BCUT2D eigenvalue weighted by Gasteiger charge is -1.99. The van der Waals surface area contributed by atoms with Crippen LogP contribution in [0.25, 0.3) is 16.9 Å². The number of fused-ring (bicyclic) bond motifs is 1. The van der Waals surface area contributed by atoms with E-state index in [1.54, 1.807) is 21.6 Å². The minimum Gasteiger partial charge on any atom is -0.235 e. The van der Waals surface area contributed by atoms with Crippen LogP contribution < -0.4 is 0 Å². The predicted octanol–water partition coefficient (Wildman–Crippen LogP) is 2.26. The van der Waals surface area contributed by atoms with E-state index in [1.807, 2.05) is 32.3 Å². The Kier molecular flexibility index (Phi) is 2.26. The van der Waals surface area contributed by atoms with Gasteiger partial charge in [-0.25, -0.2) is 14.2 Å². The van der Waals surface area contributed by atoms with Gasteiger partial charge in [0.2, 0.25) is 0 Å². The number of aromatic nitrogens is 5. The minimum atomic E-state index is 0.798. The molecule has 0 radical (unpaired) electrons. The van der Waals surface area contributed by atoms with Gasteiger partial charge in [-0.15, -0.1) is 0 Å². The second-order valence-corrected chi connectivity index (χ2v) is 4.32. The number of nitrogens with zero attached hydrogens (tertiary/aromatic N) is 5. The average Bonchev–Trinajstić information content (AvgIpc) is 2.93. The summed E-state index contributed by atoms with van der Waals surface area (Å²) in [5.41, 5.74) is 4.62. The van der Waals surface area contributed by atoms with E-state index >= 15 is 0 Å². The van der Waals surface area contributed by atoms with Crippen LogP contribution in [0.5, 0.6) is 0 Å². The van der Waals surface area contributed by atoms with Crippen LogP contribution in [0.15, 0.2) is 37.4 Å². The Bertz CT molecular complexity index is 735. The second kappa shape index (κ2) is 3.80. The van der Waals surface area contributed by atoms with Crippen molar-refractivity contribution >= 4 is 11.2 Å². The molecule has 0 saturated carbocycles. The van der Waals surface area contributed by atoms with Crippen molar-refractivity contribution in [2.45, 2.75) is 13.8 Å². The van der Waals surface area contributed by atoms with Crippen molar-refractivity contribution in [3.05, 3.63) is 48.7 Å². The first kappa shape index (κ1) is 10.7. The molecule has 5 heteroatoms. The van der Waals surface area contributed by atoms with Crippen molar-refractivity contribution in [3.8, 4) is 5.69 Å². The summed E-state index contributed by atoms with van der Waals surface area (Å²) in [6.45, 7) is 7.82. The van der Waals surface area contributed by atoms with E-state index < -0.39 is 0 Å². The molecule has 0 fully saturated rings. The lowest BCUT2D eigenvalue weighted by molar-refractivity contribution is 0.883. The molecule has 0 saturated heterocycles. The van der Waals surface area contributed by atoms with Crippen molar-refractivity contribution in [2.24, 2.45) is 0 Å². The van der Waals surface area contributed by atoms with Gasteiger partial charge in [0, 0.05) is 23.7 Å². The highest BCUT2D eigenvalue weighted by Gasteiger charge is 2.09. The highest BCUT2D eigenvalue weighted by molar-refractivity contribution is 5.62. The van der Waals surface area contributed by atoms with Gasteiger partial charge in [-0.3, -0.25) is 0 Å². The van der Waals surface area contributed by atoms with E-state index in [0.717, 1.165) is 28.2 Å². The Hall–Kier alpha value is -2.43. The maximum atomic E-state index is 4.48. The maximum absolute atomic E-state index is 4.48. The third-order valence-electron chi connectivity index (χ3n) is 2.81. The van der Waals surface area contributed by atoms with Gasteiger partial charge in [0.1, 0.15) is 5.69 Å². The first-order valence-electron chi connectivity index (χ1n) is 5.67. The zero-order valence-electron chi connectivity index (χ0n) is 10.3. The van der Waals surface area contributed by atoms with Gasteiger partial charge in [-0.2, -0.15) is 10.2 Å². The predicted molar refractivity (Wildman–Crippen MR) is 69.6 cm³/mol. The lowest BCUT2D eigenvalue weighted by atomic mass is 10.2. The van der Waals surface area contributed by atoms with E-state index in [4.69, 9.17) is 0 Å². The number of hydrogen-bond donors (Lipinski definition) is 0. The fourth-order valence-corrected chi connectivity index (χ4v) is 1.78. The smallest absolute Gasteiger partial charge is 0.181 e. The number of rotatable bonds is 2. The van der Waals surface area contributed by atoms with Crippen molar-refractivity contribution in [1.82, 2.24) is 24.4 Å². The zero-order valence-corrected chi connectivity index (χ0v) is 10.3. The molecule has 0 bridgehead atoms. The van der Waals surface area contributed by atoms with Crippen LogP contribution in [0, 0.1) is 6.92 Å². The first-order valence-corrected chi connectivity index (χ1v) is 5.67. The normalized spacial score (nSPS) is 11.0. The SMILES string of the molecule is C=C(C)c1cnn(-c2cnn3ccc(C)nc23)c1. The molecule has 0 aliphatic heterocycles. The van der Waals surface area contributed by atoms with E-state index in [2.05, 4.69) is 21.8 Å². The van der Waals surface area contributed by atoms with Crippen LogP contribution in [0.1, 0.15) is 18.2 Å². The van der Waals surface area contributed by atoms with Gasteiger partial charge in [0.25, 0.3) is 0 Å².